The molecule has 1 aromatic rings. The number of aliphatic hydroxyl groups is 1. The van der Waals surface area contributed by atoms with Crippen LogP contribution in [0.15, 0.2) is 24.3 Å². The van der Waals surface area contributed by atoms with Crippen molar-refractivity contribution in [3.05, 3.63) is 35.4 Å². The molecular weight excluding hydrogens is 295 g/mol. The second-order valence-electron chi connectivity index (χ2n) is 5.84. The molecule has 6 heteroatoms. The molecule has 3 nitrogen and oxygen atoms in total. The van der Waals surface area contributed by atoms with E-state index in [-0.39, 0.29) is 18.4 Å². The van der Waals surface area contributed by atoms with Gasteiger partial charge in [-0.25, -0.2) is 0 Å². The number of rotatable bonds is 4. The molecule has 0 spiro atoms. The average molecular weight is 315 g/mol. The van der Waals surface area contributed by atoms with Gasteiger partial charge in [0.2, 0.25) is 5.91 Å². The van der Waals surface area contributed by atoms with Gasteiger partial charge in [-0.2, -0.15) is 13.2 Å². The summed E-state index contributed by atoms with van der Waals surface area (Å²) in [7, 11) is 0. The number of halogens is 3. The Morgan fingerprint density at radius 2 is 2.18 bits per heavy atom. The molecule has 22 heavy (non-hydrogen) atoms. The van der Waals surface area contributed by atoms with Gasteiger partial charge in [0, 0.05) is 12.6 Å². The Balaban J connectivity index is 2.05. The van der Waals surface area contributed by atoms with Gasteiger partial charge in [-0.05, 0) is 37.8 Å². The maximum Gasteiger partial charge on any atom is 0.416 e. The van der Waals surface area contributed by atoms with Crippen molar-refractivity contribution in [1.82, 2.24) is 4.90 Å². The van der Waals surface area contributed by atoms with Gasteiger partial charge in [0.05, 0.1) is 18.1 Å². The molecule has 1 saturated heterocycles. The summed E-state index contributed by atoms with van der Waals surface area (Å²) in [4.78, 5) is 14.0. The van der Waals surface area contributed by atoms with Crippen LogP contribution in [-0.4, -0.2) is 34.6 Å². The van der Waals surface area contributed by atoms with E-state index < -0.39 is 17.8 Å². The monoisotopic (exact) mass is 315 g/mol. The molecule has 1 aliphatic heterocycles. The highest BCUT2D eigenvalue weighted by Gasteiger charge is 2.32. The highest BCUT2D eigenvalue weighted by Crippen LogP contribution is 2.30. The van der Waals surface area contributed by atoms with E-state index in [1.807, 2.05) is 0 Å². The number of nitrogens with zero attached hydrogens (tertiary/aromatic N) is 1. The summed E-state index contributed by atoms with van der Waals surface area (Å²) < 4.78 is 38.1. The van der Waals surface area contributed by atoms with E-state index in [9.17, 15) is 23.1 Å². The molecule has 1 amide bonds. The van der Waals surface area contributed by atoms with E-state index in [2.05, 4.69) is 0 Å². The predicted octanol–water partition coefficient (Wildman–Crippen LogP) is 3.01. The molecule has 1 N–H and O–H groups in total. The van der Waals surface area contributed by atoms with E-state index in [1.165, 1.54) is 12.1 Å². The summed E-state index contributed by atoms with van der Waals surface area (Å²) >= 11 is 0. The minimum Gasteiger partial charge on any atom is -0.393 e. The van der Waals surface area contributed by atoms with Crippen LogP contribution in [0.5, 0.6) is 0 Å². The Morgan fingerprint density at radius 1 is 1.45 bits per heavy atom. The van der Waals surface area contributed by atoms with Gasteiger partial charge in [-0.3, -0.25) is 4.79 Å². The van der Waals surface area contributed by atoms with Gasteiger partial charge in [0.15, 0.2) is 0 Å². The quantitative estimate of drug-likeness (QED) is 0.928. The van der Waals surface area contributed by atoms with E-state index in [1.54, 1.807) is 11.8 Å². The Labute approximate surface area is 127 Å². The van der Waals surface area contributed by atoms with Crippen molar-refractivity contribution in [3.63, 3.8) is 0 Å². The molecule has 0 bridgehead atoms. The first-order valence-corrected chi connectivity index (χ1v) is 7.41. The fourth-order valence-corrected chi connectivity index (χ4v) is 2.94. The molecule has 2 rings (SSSR count). The zero-order valence-electron chi connectivity index (χ0n) is 12.4. The van der Waals surface area contributed by atoms with E-state index in [0.29, 0.717) is 18.5 Å². The van der Waals surface area contributed by atoms with Crippen LogP contribution in [0.4, 0.5) is 13.2 Å². The molecule has 2 unspecified atom stereocenters. The number of carbonyl (C=O) groups is 1. The van der Waals surface area contributed by atoms with Crippen LogP contribution < -0.4 is 0 Å². The third kappa shape index (κ3) is 4.22. The number of likely N-dealkylation sites (tertiary alicyclic amines) is 1. The first-order valence-electron chi connectivity index (χ1n) is 7.41. The third-order valence-electron chi connectivity index (χ3n) is 3.92. The number of hydrogen-bond acceptors (Lipinski definition) is 2. The van der Waals surface area contributed by atoms with Gasteiger partial charge in [0.1, 0.15) is 0 Å². The van der Waals surface area contributed by atoms with Crippen molar-refractivity contribution >= 4 is 5.91 Å². The molecule has 0 saturated carbocycles. The minimum atomic E-state index is -4.40. The Hall–Kier alpha value is -1.56. The minimum absolute atomic E-state index is 0.0155. The Bertz CT molecular complexity index is 528. The maximum atomic E-state index is 12.7. The van der Waals surface area contributed by atoms with Crippen molar-refractivity contribution in [1.29, 1.82) is 0 Å². The SMILES string of the molecule is CC(O)CC1CCCN1C(=O)Cc1cccc(C(F)(F)F)c1. The molecule has 1 heterocycles. The number of amides is 1. The third-order valence-corrected chi connectivity index (χ3v) is 3.92. The molecule has 0 radical (unpaired) electrons. The summed E-state index contributed by atoms with van der Waals surface area (Å²) in [6.45, 7) is 2.28. The second kappa shape index (κ2) is 6.69. The molecule has 122 valence electrons. The van der Waals surface area contributed by atoms with E-state index in [4.69, 9.17) is 0 Å². The molecule has 2 atom stereocenters. The molecule has 1 fully saturated rings. The summed E-state index contributed by atoms with van der Waals surface area (Å²) in [5.41, 5.74) is -0.373. The first kappa shape index (κ1) is 16.8. The topological polar surface area (TPSA) is 40.5 Å². The summed E-state index contributed by atoms with van der Waals surface area (Å²) in [5, 5.41) is 9.47. The van der Waals surface area contributed by atoms with Crippen LogP contribution in [0.2, 0.25) is 0 Å². The van der Waals surface area contributed by atoms with Crippen molar-refractivity contribution < 1.29 is 23.1 Å². The average Bonchev–Trinajstić information content (AvgIpc) is 2.85. The van der Waals surface area contributed by atoms with Crippen LogP contribution >= 0.6 is 0 Å². The van der Waals surface area contributed by atoms with Crippen molar-refractivity contribution in [2.45, 2.75) is 50.9 Å². The fraction of sp³-hybridized carbons (Fsp3) is 0.562. The normalized spacial score (nSPS) is 20.2. The van der Waals surface area contributed by atoms with Gasteiger partial charge in [0.25, 0.3) is 0 Å². The van der Waals surface area contributed by atoms with Gasteiger partial charge < -0.3 is 10.0 Å². The van der Waals surface area contributed by atoms with Crippen molar-refractivity contribution in [2.75, 3.05) is 6.54 Å². The first-order chi connectivity index (χ1) is 10.3. The highest BCUT2D eigenvalue weighted by atomic mass is 19.4. The number of aliphatic hydroxyl groups excluding tert-OH is 1. The lowest BCUT2D eigenvalue weighted by atomic mass is 10.1. The van der Waals surface area contributed by atoms with Crippen LogP contribution in [0.25, 0.3) is 0 Å². The summed E-state index contributed by atoms with van der Waals surface area (Å²) in [6.07, 6.45) is -2.73. The number of hydrogen-bond donors (Lipinski definition) is 1. The number of carbonyl (C=O) groups excluding carboxylic acids is 1. The predicted molar refractivity (Wildman–Crippen MR) is 76.2 cm³/mol. The lowest BCUT2D eigenvalue weighted by Gasteiger charge is -2.26. The lowest BCUT2D eigenvalue weighted by molar-refractivity contribution is -0.138. The highest BCUT2D eigenvalue weighted by molar-refractivity contribution is 5.79. The smallest absolute Gasteiger partial charge is 0.393 e. The van der Waals surface area contributed by atoms with Gasteiger partial charge in [-0.1, -0.05) is 18.2 Å². The fourth-order valence-electron chi connectivity index (χ4n) is 2.94. The van der Waals surface area contributed by atoms with Crippen molar-refractivity contribution in [3.8, 4) is 0 Å². The molecular formula is C16H20F3NO2. The summed E-state index contributed by atoms with van der Waals surface area (Å²) in [5.74, 6) is -0.178. The Morgan fingerprint density at radius 3 is 2.82 bits per heavy atom. The number of benzene rings is 1. The molecule has 0 aromatic heterocycles. The summed E-state index contributed by atoms with van der Waals surface area (Å²) in [6, 6.07) is 4.87. The maximum absolute atomic E-state index is 12.7. The van der Waals surface area contributed by atoms with Gasteiger partial charge in [-0.15, -0.1) is 0 Å². The van der Waals surface area contributed by atoms with Crippen LogP contribution in [0, 0.1) is 0 Å². The zero-order chi connectivity index (χ0) is 16.3. The van der Waals surface area contributed by atoms with E-state index in [0.717, 1.165) is 25.0 Å². The van der Waals surface area contributed by atoms with Crippen LogP contribution in [-0.2, 0) is 17.4 Å². The van der Waals surface area contributed by atoms with E-state index >= 15 is 0 Å². The Kier molecular flexibility index (Phi) is 5.11. The zero-order valence-corrected chi connectivity index (χ0v) is 12.4. The van der Waals surface area contributed by atoms with Crippen molar-refractivity contribution in [2.24, 2.45) is 0 Å². The molecule has 1 aromatic carbocycles. The van der Waals surface area contributed by atoms with Gasteiger partial charge >= 0.3 is 6.18 Å². The lowest BCUT2D eigenvalue weighted by Crippen LogP contribution is -2.38. The standard InChI is InChI=1S/C16H20F3NO2/c1-11(21)8-14-6-3-7-20(14)15(22)10-12-4-2-5-13(9-12)16(17,18)19/h2,4-5,9,11,14,21H,3,6-8,10H2,1H3. The van der Waals surface area contributed by atoms with Crippen LogP contribution in [0.1, 0.15) is 37.3 Å². The largest absolute Gasteiger partial charge is 0.416 e. The second-order valence-corrected chi connectivity index (χ2v) is 5.84. The molecule has 1 aliphatic rings. The number of alkyl halides is 3. The van der Waals surface area contributed by atoms with Crippen LogP contribution in [0.3, 0.4) is 0 Å². The molecule has 0 aliphatic carbocycles.